The number of phosphoric acid groups is 1. The summed E-state index contributed by atoms with van der Waals surface area (Å²) in [7, 11) is -4.88. The number of nitrogens with two attached hydrogens (primary N) is 1. The van der Waals surface area contributed by atoms with Crippen molar-refractivity contribution >= 4 is 19.2 Å². The van der Waals surface area contributed by atoms with Gasteiger partial charge in [0, 0.05) is 6.61 Å². The van der Waals surface area contributed by atoms with Gasteiger partial charge in [0.2, 0.25) is 5.60 Å². The number of nitrogen functional groups attached to an aromatic ring is 1. The zero-order valence-electron chi connectivity index (χ0n) is 32.4. The number of ether oxygens (including phenoxy) is 3. The first-order valence-electron chi connectivity index (χ1n) is 19.9. The van der Waals surface area contributed by atoms with Crippen molar-refractivity contribution in [2.75, 3.05) is 32.2 Å². The van der Waals surface area contributed by atoms with E-state index < -0.39 is 51.1 Å². The monoisotopic (exact) mass is 799 g/mol. The zero-order valence-corrected chi connectivity index (χ0v) is 33.3. The lowest BCUT2D eigenvalue weighted by Gasteiger charge is -2.26. The molecule has 4 heterocycles. The van der Waals surface area contributed by atoms with E-state index in [1.54, 1.807) is 18.2 Å². The molecule has 308 valence electrons. The highest BCUT2D eigenvalue weighted by Crippen LogP contribution is 2.47. The van der Waals surface area contributed by atoms with E-state index in [0.717, 1.165) is 19.3 Å². The van der Waals surface area contributed by atoms with Crippen LogP contribution in [0.5, 0.6) is 5.75 Å². The maximum absolute atomic E-state index is 13.0. The molecule has 0 saturated carbocycles. The molecule has 0 radical (unpaired) electrons. The normalized spacial score (nSPS) is 21.1. The maximum Gasteiger partial charge on any atom is 0.472 e. The van der Waals surface area contributed by atoms with Gasteiger partial charge in [-0.25, -0.2) is 19.0 Å². The highest BCUT2D eigenvalue weighted by molar-refractivity contribution is 7.47. The fraction of sp³-hybridized carbons (Fsp3) is 0.667. The molecule has 0 amide bonds. The summed E-state index contributed by atoms with van der Waals surface area (Å²) in [5.41, 5.74) is 4.52. The van der Waals surface area contributed by atoms with Crippen LogP contribution in [0.1, 0.15) is 127 Å². The lowest BCUT2D eigenvalue weighted by molar-refractivity contribution is -0.0755. The first-order chi connectivity index (χ1) is 27.1. The van der Waals surface area contributed by atoms with Gasteiger partial charge in [-0.15, -0.1) is 0 Å². The number of fused-ring (bicyclic) bond motifs is 1. The minimum absolute atomic E-state index is 0.00983. The van der Waals surface area contributed by atoms with Crippen molar-refractivity contribution in [1.29, 1.82) is 10.5 Å². The number of aliphatic hydroxyl groups is 2. The number of aliphatic hydroxyl groups excluding tert-OH is 2. The van der Waals surface area contributed by atoms with Crippen molar-refractivity contribution in [3.05, 3.63) is 48.2 Å². The van der Waals surface area contributed by atoms with E-state index in [1.807, 2.05) is 6.07 Å². The Morgan fingerprint density at radius 2 is 1.55 bits per heavy atom. The SMILES string of the molecule is CCCCCCCCCCCCCCCCCCOC[C@H](COP(=O)(O)OC[C@@]1(C#N)O[C@@H](c2ccc3c(N)ncnn23)[C@H](O)[C@@H]1O)Oc1ccc(C#N)nc1. The summed E-state index contributed by atoms with van der Waals surface area (Å²) in [5, 5.41) is 45.0. The van der Waals surface area contributed by atoms with Gasteiger partial charge in [-0.05, 0) is 30.7 Å². The summed E-state index contributed by atoms with van der Waals surface area (Å²) in [6.45, 7) is 1.33. The van der Waals surface area contributed by atoms with Gasteiger partial charge in [0.25, 0.3) is 0 Å². The van der Waals surface area contributed by atoms with Crippen molar-refractivity contribution in [2.24, 2.45) is 0 Å². The summed E-state index contributed by atoms with van der Waals surface area (Å²) in [6.07, 6.45) is 17.1. The predicted octanol–water partition coefficient (Wildman–Crippen LogP) is 6.49. The number of rotatable bonds is 28. The average Bonchev–Trinajstić information content (AvgIpc) is 3.74. The van der Waals surface area contributed by atoms with Crippen LogP contribution in [0.2, 0.25) is 0 Å². The fourth-order valence-electron chi connectivity index (χ4n) is 6.66. The van der Waals surface area contributed by atoms with Gasteiger partial charge in [-0.2, -0.15) is 15.6 Å². The van der Waals surface area contributed by atoms with E-state index >= 15 is 0 Å². The van der Waals surface area contributed by atoms with Crippen LogP contribution in [0.25, 0.3) is 5.52 Å². The zero-order chi connectivity index (χ0) is 40.2. The van der Waals surface area contributed by atoms with Crippen molar-refractivity contribution in [1.82, 2.24) is 19.6 Å². The largest absolute Gasteiger partial charge is 0.484 e. The van der Waals surface area contributed by atoms with Gasteiger partial charge in [0.15, 0.2) is 5.82 Å². The van der Waals surface area contributed by atoms with Crippen molar-refractivity contribution in [2.45, 2.75) is 140 Å². The molecule has 0 aliphatic carbocycles. The van der Waals surface area contributed by atoms with Crippen LogP contribution in [0.3, 0.4) is 0 Å². The Labute approximate surface area is 329 Å². The molecule has 5 N–H and O–H groups in total. The number of phosphoric ester groups is 1. The fourth-order valence-corrected chi connectivity index (χ4v) is 7.44. The van der Waals surface area contributed by atoms with E-state index in [4.69, 9.17) is 34.3 Å². The number of hydrogen-bond donors (Lipinski definition) is 4. The molecule has 16 nitrogen and oxygen atoms in total. The number of nitrogens with zero attached hydrogens (tertiary/aromatic N) is 6. The number of pyridine rings is 1. The van der Waals surface area contributed by atoms with Crippen LogP contribution in [0, 0.1) is 22.7 Å². The van der Waals surface area contributed by atoms with Crippen LogP contribution in [0.15, 0.2) is 36.8 Å². The first-order valence-corrected chi connectivity index (χ1v) is 21.4. The Hall–Kier alpha value is -3.70. The number of nitriles is 2. The third-order valence-electron chi connectivity index (χ3n) is 9.91. The number of unbranched alkanes of at least 4 members (excludes halogenated alkanes) is 15. The van der Waals surface area contributed by atoms with E-state index in [2.05, 4.69) is 22.0 Å². The smallest absolute Gasteiger partial charge is 0.472 e. The molecule has 56 heavy (non-hydrogen) atoms. The van der Waals surface area contributed by atoms with Gasteiger partial charge in [0.1, 0.15) is 66.4 Å². The second-order valence-corrected chi connectivity index (χ2v) is 15.8. The summed E-state index contributed by atoms with van der Waals surface area (Å²) in [5.74, 6) is 0.448. The molecule has 6 atom stereocenters. The van der Waals surface area contributed by atoms with Crippen LogP contribution >= 0.6 is 7.82 Å². The van der Waals surface area contributed by atoms with Gasteiger partial charge in [-0.1, -0.05) is 103 Å². The highest BCUT2D eigenvalue weighted by Gasteiger charge is 2.57. The minimum atomic E-state index is -4.88. The Kier molecular flexibility index (Phi) is 18.9. The molecule has 1 saturated heterocycles. The Balaban J connectivity index is 1.19. The summed E-state index contributed by atoms with van der Waals surface area (Å²) >= 11 is 0. The summed E-state index contributed by atoms with van der Waals surface area (Å²) < 4.78 is 42.4. The van der Waals surface area contributed by atoms with Crippen molar-refractivity contribution < 1.29 is 42.9 Å². The second kappa shape index (κ2) is 23.5. The standard InChI is InChI=1S/C39H58N7O9P/c1-2-3-4-5-6-7-8-9-10-11-12-13-14-15-16-17-22-51-25-32(54-31-19-18-30(23-40)43-24-31)26-52-56(49,50)53-28-39(27-41)37(48)35(47)36(55-39)33-20-21-34-38(42)44-29-45-46(33)34/h18-21,24,29,32,35-37,47-48H,2-17,22,25-26,28H2,1H3,(H,49,50)(H2,42,44,45)/t32-,35+,36+,37+,39-/m1/s1. The number of hydrogen-bond acceptors (Lipinski definition) is 14. The summed E-state index contributed by atoms with van der Waals surface area (Å²) in [4.78, 5) is 18.5. The number of anilines is 1. The van der Waals surface area contributed by atoms with E-state index in [0.29, 0.717) is 12.1 Å². The van der Waals surface area contributed by atoms with E-state index in [-0.39, 0.29) is 29.6 Å². The van der Waals surface area contributed by atoms with E-state index in [1.165, 1.54) is 113 Å². The van der Waals surface area contributed by atoms with Crippen molar-refractivity contribution in [3.63, 3.8) is 0 Å². The number of aromatic nitrogens is 4. The van der Waals surface area contributed by atoms with Gasteiger partial charge >= 0.3 is 7.82 Å². The lowest BCUT2D eigenvalue weighted by atomic mass is 9.96. The van der Waals surface area contributed by atoms with Crippen LogP contribution in [0.4, 0.5) is 5.82 Å². The molecular formula is C39H58N7O9P. The average molecular weight is 800 g/mol. The lowest BCUT2D eigenvalue weighted by Crippen LogP contribution is -2.45. The molecule has 0 bridgehead atoms. The minimum Gasteiger partial charge on any atom is -0.484 e. The summed E-state index contributed by atoms with van der Waals surface area (Å²) in [6, 6.07) is 9.85. The molecule has 3 aromatic rings. The highest BCUT2D eigenvalue weighted by atomic mass is 31.2. The first kappa shape index (κ1) is 45.0. The van der Waals surface area contributed by atoms with Gasteiger partial charge in [0.05, 0.1) is 25.1 Å². The topological polar surface area (TPSA) is 241 Å². The molecule has 1 unspecified atom stereocenters. The molecule has 4 rings (SSSR count). The maximum atomic E-state index is 13.0. The molecule has 1 fully saturated rings. The molecular weight excluding hydrogens is 741 g/mol. The third-order valence-corrected chi connectivity index (χ3v) is 10.8. The molecule has 0 spiro atoms. The van der Waals surface area contributed by atoms with Crippen molar-refractivity contribution in [3.8, 4) is 17.9 Å². The van der Waals surface area contributed by atoms with Crippen LogP contribution in [-0.2, 0) is 23.1 Å². The van der Waals surface area contributed by atoms with Crippen LogP contribution < -0.4 is 10.5 Å². The van der Waals surface area contributed by atoms with Gasteiger partial charge < -0.3 is 35.1 Å². The molecule has 1 aliphatic heterocycles. The molecule has 0 aromatic carbocycles. The molecule has 1 aliphatic rings. The Bertz CT molecular complexity index is 1730. The third kappa shape index (κ3) is 13.7. The molecule has 17 heteroatoms. The Morgan fingerprint density at radius 3 is 2.14 bits per heavy atom. The van der Waals surface area contributed by atoms with Crippen LogP contribution in [-0.4, -0.2) is 85.0 Å². The van der Waals surface area contributed by atoms with E-state index in [9.17, 15) is 24.9 Å². The predicted molar refractivity (Wildman–Crippen MR) is 207 cm³/mol. The quantitative estimate of drug-likeness (QED) is 0.0453. The molecule has 3 aromatic heterocycles. The van der Waals surface area contributed by atoms with Gasteiger partial charge in [-0.3, -0.25) is 9.05 Å². The second-order valence-electron chi connectivity index (χ2n) is 14.3. The Morgan fingerprint density at radius 1 is 0.911 bits per heavy atom.